The van der Waals surface area contributed by atoms with Crippen LogP contribution in [0.5, 0.6) is 5.75 Å². The largest absolute Gasteiger partial charge is 0.484 e. The Balaban J connectivity index is 2.30. The van der Waals surface area contributed by atoms with Gasteiger partial charge in [0.2, 0.25) is 0 Å². The molecule has 2 rings (SSSR count). The summed E-state index contributed by atoms with van der Waals surface area (Å²) in [6.45, 7) is 3.63. The summed E-state index contributed by atoms with van der Waals surface area (Å²) in [5.74, 6) is -0.246. The van der Waals surface area contributed by atoms with E-state index in [4.69, 9.17) is 10.5 Å². The first-order valence-electron chi connectivity index (χ1n) is 6.41. The summed E-state index contributed by atoms with van der Waals surface area (Å²) in [5, 5.41) is 0. The molecule has 0 amide bonds. The lowest BCUT2D eigenvalue weighted by Gasteiger charge is -2.24. The summed E-state index contributed by atoms with van der Waals surface area (Å²) in [7, 11) is 0. The van der Waals surface area contributed by atoms with Crippen molar-refractivity contribution in [3.63, 3.8) is 0 Å². The van der Waals surface area contributed by atoms with E-state index in [9.17, 15) is 8.78 Å². The molecule has 2 atom stereocenters. The van der Waals surface area contributed by atoms with Gasteiger partial charge in [0.1, 0.15) is 23.5 Å². The monoisotopic (exact) mass is 277 g/mol. The molecule has 0 radical (unpaired) electrons. The molecule has 0 saturated carbocycles. The molecule has 106 valence electrons. The Bertz CT molecular complexity index is 582. The Hall–Kier alpha value is -1.94. The third-order valence-corrected chi connectivity index (χ3v) is 3.08. The minimum Gasteiger partial charge on any atom is -0.484 e. The fourth-order valence-corrected chi connectivity index (χ4v) is 1.97. The number of halogens is 2. The maximum Gasteiger partial charge on any atom is 0.138 e. The van der Waals surface area contributed by atoms with Crippen LogP contribution in [0.25, 0.3) is 0 Å². The number of benzene rings is 2. The van der Waals surface area contributed by atoms with Gasteiger partial charge in [-0.3, -0.25) is 0 Å². The van der Waals surface area contributed by atoms with Gasteiger partial charge in [-0.1, -0.05) is 18.2 Å². The molecule has 0 aliphatic heterocycles. The molecule has 2 aromatic carbocycles. The number of ether oxygens (including phenoxy) is 1. The van der Waals surface area contributed by atoms with Gasteiger partial charge in [-0.25, -0.2) is 8.78 Å². The van der Waals surface area contributed by atoms with Crippen molar-refractivity contribution in [1.29, 1.82) is 0 Å². The highest BCUT2D eigenvalue weighted by Gasteiger charge is 2.19. The number of nitrogens with two attached hydrogens (primary N) is 1. The average Bonchev–Trinajstić information content (AvgIpc) is 2.40. The van der Waals surface area contributed by atoms with Gasteiger partial charge >= 0.3 is 0 Å². The van der Waals surface area contributed by atoms with E-state index < -0.39 is 6.10 Å². The molecule has 0 spiro atoms. The van der Waals surface area contributed by atoms with E-state index in [0.29, 0.717) is 5.75 Å². The summed E-state index contributed by atoms with van der Waals surface area (Å²) in [6, 6.07) is 9.99. The summed E-state index contributed by atoms with van der Waals surface area (Å²) in [4.78, 5) is 0. The number of aryl methyl sites for hydroxylation is 1. The SMILES string of the molecule is Cc1ccc(F)cc1OC(c1ccc(F)cc1)C(C)N. The minimum atomic E-state index is -0.462. The van der Waals surface area contributed by atoms with Gasteiger partial charge in [0, 0.05) is 12.1 Å². The molecule has 2 nitrogen and oxygen atoms in total. The quantitative estimate of drug-likeness (QED) is 0.924. The maximum absolute atomic E-state index is 13.3. The van der Waals surface area contributed by atoms with Crippen molar-refractivity contribution in [1.82, 2.24) is 0 Å². The molecule has 0 aliphatic carbocycles. The van der Waals surface area contributed by atoms with E-state index in [2.05, 4.69) is 0 Å². The van der Waals surface area contributed by atoms with Crippen LogP contribution < -0.4 is 10.5 Å². The number of hydrogen-bond donors (Lipinski definition) is 1. The van der Waals surface area contributed by atoms with Crippen molar-refractivity contribution in [2.45, 2.75) is 26.0 Å². The molecule has 0 heterocycles. The van der Waals surface area contributed by atoms with Crippen LogP contribution >= 0.6 is 0 Å². The Morgan fingerprint density at radius 1 is 1.00 bits per heavy atom. The fraction of sp³-hybridized carbons (Fsp3) is 0.250. The molecule has 0 aliphatic rings. The molecule has 20 heavy (non-hydrogen) atoms. The van der Waals surface area contributed by atoms with Gasteiger partial charge in [0.25, 0.3) is 0 Å². The van der Waals surface area contributed by atoms with E-state index in [1.54, 1.807) is 25.1 Å². The molecule has 0 bridgehead atoms. The van der Waals surface area contributed by atoms with Crippen molar-refractivity contribution in [2.75, 3.05) is 0 Å². The third kappa shape index (κ3) is 3.33. The molecule has 0 saturated heterocycles. The molecule has 0 aromatic heterocycles. The van der Waals surface area contributed by atoms with E-state index in [0.717, 1.165) is 11.1 Å². The highest BCUT2D eigenvalue weighted by molar-refractivity contribution is 5.34. The summed E-state index contributed by atoms with van der Waals surface area (Å²) < 4.78 is 32.1. The van der Waals surface area contributed by atoms with Crippen LogP contribution in [0.3, 0.4) is 0 Å². The molecule has 2 aromatic rings. The predicted molar refractivity (Wildman–Crippen MR) is 74.6 cm³/mol. The van der Waals surface area contributed by atoms with Crippen LogP contribution in [0.4, 0.5) is 8.78 Å². The topological polar surface area (TPSA) is 35.2 Å². The smallest absolute Gasteiger partial charge is 0.138 e. The normalized spacial score (nSPS) is 13.8. The Kier molecular flexibility index (Phi) is 4.35. The average molecular weight is 277 g/mol. The van der Waals surface area contributed by atoms with Crippen LogP contribution in [0.1, 0.15) is 24.2 Å². The first-order chi connectivity index (χ1) is 9.47. The van der Waals surface area contributed by atoms with Gasteiger partial charge in [-0.2, -0.15) is 0 Å². The van der Waals surface area contributed by atoms with Crippen LogP contribution in [0.2, 0.25) is 0 Å². The zero-order valence-corrected chi connectivity index (χ0v) is 11.4. The van der Waals surface area contributed by atoms with E-state index in [-0.39, 0.29) is 17.7 Å². The molecular formula is C16H17F2NO. The van der Waals surface area contributed by atoms with Gasteiger partial charge < -0.3 is 10.5 Å². The lowest BCUT2D eigenvalue weighted by Crippen LogP contribution is -2.29. The zero-order chi connectivity index (χ0) is 14.7. The molecule has 2 N–H and O–H groups in total. The van der Waals surface area contributed by atoms with Gasteiger partial charge in [0.05, 0.1) is 0 Å². The van der Waals surface area contributed by atoms with E-state index in [1.807, 2.05) is 6.92 Å². The first kappa shape index (κ1) is 14.5. The number of hydrogen-bond acceptors (Lipinski definition) is 2. The molecule has 4 heteroatoms. The lowest BCUT2D eigenvalue weighted by molar-refractivity contribution is 0.178. The van der Waals surface area contributed by atoms with Crippen molar-refractivity contribution in [3.8, 4) is 5.75 Å². The van der Waals surface area contributed by atoms with Gasteiger partial charge in [-0.05, 0) is 43.2 Å². The second-order valence-corrected chi connectivity index (χ2v) is 4.86. The highest BCUT2D eigenvalue weighted by atomic mass is 19.1. The summed E-state index contributed by atoms with van der Waals surface area (Å²) in [5.41, 5.74) is 7.50. The zero-order valence-electron chi connectivity index (χ0n) is 11.4. The standard InChI is InChI=1S/C16H17F2NO/c1-10-3-6-14(18)9-15(10)20-16(11(2)19)12-4-7-13(17)8-5-12/h3-9,11,16H,19H2,1-2H3. The lowest BCUT2D eigenvalue weighted by atomic mass is 10.0. The van der Waals surface area contributed by atoms with Crippen LogP contribution in [-0.4, -0.2) is 6.04 Å². The fourth-order valence-electron chi connectivity index (χ4n) is 1.97. The highest BCUT2D eigenvalue weighted by Crippen LogP contribution is 2.27. The van der Waals surface area contributed by atoms with E-state index >= 15 is 0 Å². The van der Waals surface area contributed by atoms with Crippen molar-refractivity contribution < 1.29 is 13.5 Å². The molecular weight excluding hydrogens is 260 g/mol. The second-order valence-electron chi connectivity index (χ2n) is 4.86. The van der Waals surface area contributed by atoms with Crippen molar-refractivity contribution in [3.05, 3.63) is 65.2 Å². The van der Waals surface area contributed by atoms with Gasteiger partial charge in [0.15, 0.2) is 0 Å². The summed E-state index contributed by atoms with van der Waals surface area (Å²) >= 11 is 0. The van der Waals surface area contributed by atoms with Crippen LogP contribution in [0, 0.1) is 18.6 Å². The Labute approximate surface area is 117 Å². The predicted octanol–water partition coefficient (Wildman–Crippen LogP) is 3.74. The van der Waals surface area contributed by atoms with Crippen molar-refractivity contribution in [2.24, 2.45) is 5.73 Å². The first-order valence-corrected chi connectivity index (χ1v) is 6.41. The van der Waals surface area contributed by atoms with Crippen LogP contribution in [-0.2, 0) is 0 Å². The Morgan fingerprint density at radius 2 is 1.60 bits per heavy atom. The Morgan fingerprint density at radius 3 is 2.20 bits per heavy atom. The number of rotatable bonds is 4. The maximum atomic E-state index is 13.3. The van der Waals surface area contributed by atoms with Crippen LogP contribution in [0.15, 0.2) is 42.5 Å². The van der Waals surface area contributed by atoms with E-state index in [1.165, 1.54) is 24.3 Å². The second kappa shape index (κ2) is 6.01. The molecule has 2 unspecified atom stereocenters. The third-order valence-electron chi connectivity index (χ3n) is 3.08. The summed E-state index contributed by atoms with van der Waals surface area (Å²) in [6.07, 6.45) is -0.462. The minimum absolute atomic E-state index is 0.317. The van der Waals surface area contributed by atoms with Gasteiger partial charge in [-0.15, -0.1) is 0 Å². The molecule has 0 fully saturated rings. The van der Waals surface area contributed by atoms with Crippen molar-refractivity contribution >= 4 is 0 Å².